The van der Waals surface area contributed by atoms with Crippen molar-refractivity contribution in [2.45, 2.75) is 18.9 Å². The van der Waals surface area contributed by atoms with Crippen LogP contribution in [0, 0.1) is 0 Å². The van der Waals surface area contributed by atoms with E-state index in [1.165, 1.54) is 12.8 Å². The average Bonchev–Trinajstić information content (AvgIpc) is 2.71. The maximum Gasteiger partial charge on any atom is 0.335 e. The number of carboxylic acid groups (broad SMARTS) is 1. The Morgan fingerprint density at radius 3 is 2.94 bits per heavy atom. The Balaban J connectivity index is 2.02. The molecule has 1 atom stereocenters. The highest BCUT2D eigenvalue weighted by molar-refractivity contribution is 9.10. The molecule has 1 aromatic rings. The minimum atomic E-state index is -0.905. The second kappa shape index (κ2) is 5.71. The molecule has 0 aliphatic carbocycles. The van der Waals surface area contributed by atoms with E-state index < -0.39 is 5.97 Å². The Morgan fingerprint density at radius 2 is 2.33 bits per heavy atom. The molecule has 98 valence electrons. The van der Waals surface area contributed by atoms with Crippen molar-refractivity contribution in [3.05, 3.63) is 28.2 Å². The van der Waals surface area contributed by atoms with Crippen molar-refractivity contribution in [1.82, 2.24) is 4.90 Å². The van der Waals surface area contributed by atoms with Crippen LogP contribution in [0.3, 0.4) is 0 Å². The largest absolute Gasteiger partial charge is 0.478 e. The molecule has 18 heavy (non-hydrogen) atoms. The Morgan fingerprint density at radius 1 is 1.56 bits per heavy atom. The molecule has 2 rings (SSSR count). The maximum atomic E-state index is 11.0. The number of hydrogen-bond acceptors (Lipinski definition) is 3. The fraction of sp³-hybridized carbons (Fsp3) is 0.462. The average molecular weight is 313 g/mol. The number of carboxylic acids is 1. The monoisotopic (exact) mass is 312 g/mol. The number of nitrogens with zero attached hydrogens (tertiary/aromatic N) is 1. The summed E-state index contributed by atoms with van der Waals surface area (Å²) in [6.45, 7) is 2.00. The van der Waals surface area contributed by atoms with Crippen LogP contribution in [0.2, 0.25) is 0 Å². The molecule has 1 aromatic carbocycles. The quantitative estimate of drug-likeness (QED) is 0.897. The molecule has 5 heteroatoms. The van der Waals surface area contributed by atoms with Gasteiger partial charge in [0.05, 0.1) is 5.56 Å². The molecule has 1 aliphatic heterocycles. The Kier molecular flexibility index (Phi) is 4.24. The molecular weight excluding hydrogens is 296 g/mol. The molecular formula is C13H17BrN2O2. The fourth-order valence-electron chi connectivity index (χ4n) is 2.29. The minimum Gasteiger partial charge on any atom is -0.478 e. The predicted octanol–water partition coefficient (Wildman–Crippen LogP) is 2.65. The molecule has 1 unspecified atom stereocenters. The lowest BCUT2D eigenvalue weighted by Gasteiger charge is -2.20. The maximum absolute atomic E-state index is 11.0. The van der Waals surface area contributed by atoms with Crippen molar-refractivity contribution in [1.29, 1.82) is 0 Å². The molecule has 0 saturated carbocycles. The van der Waals surface area contributed by atoms with E-state index in [1.54, 1.807) is 12.1 Å². The van der Waals surface area contributed by atoms with Gasteiger partial charge in [0.2, 0.25) is 0 Å². The highest BCUT2D eigenvalue weighted by atomic mass is 79.9. The van der Waals surface area contributed by atoms with Gasteiger partial charge in [-0.2, -0.15) is 0 Å². The summed E-state index contributed by atoms with van der Waals surface area (Å²) in [5, 5.41) is 12.3. The number of hydrogen-bond donors (Lipinski definition) is 2. The Bertz CT molecular complexity index is 451. The summed E-state index contributed by atoms with van der Waals surface area (Å²) in [5.41, 5.74) is 1.15. The minimum absolute atomic E-state index is 0.298. The van der Waals surface area contributed by atoms with E-state index in [0.29, 0.717) is 11.6 Å². The van der Waals surface area contributed by atoms with Crippen LogP contribution in [0.25, 0.3) is 0 Å². The summed E-state index contributed by atoms with van der Waals surface area (Å²) in [6, 6.07) is 5.72. The van der Waals surface area contributed by atoms with Crippen molar-refractivity contribution in [2.75, 3.05) is 25.5 Å². The van der Waals surface area contributed by atoms with Crippen molar-refractivity contribution in [2.24, 2.45) is 0 Å². The van der Waals surface area contributed by atoms with Gasteiger partial charge in [0.15, 0.2) is 0 Å². The van der Waals surface area contributed by atoms with Crippen LogP contribution < -0.4 is 5.32 Å². The molecule has 2 N–H and O–H groups in total. The molecule has 0 bridgehead atoms. The van der Waals surface area contributed by atoms with Crippen LogP contribution in [0.1, 0.15) is 23.2 Å². The van der Waals surface area contributed by atoms with Gasteiger partial charge in [-0.3, -0.25) is 0 Å². The van der Waals surface area contributed by atoms with Crippen molar-refractivity contribution < 1.29 is 9.90 Å². The number of carbonyl (C=O) groups is 1. The molecule has 0 radical (unpaired) electrons. The van der Waals surface area contributed by atoms with E-state index in [4.69, 9.17) is 5.11 Å². The van der Waals surface area contributed by atoms with Crippen LogP contribution in [-0.4, -0.2) is 42.2 Å². The lowest BCUT2D eigenvalue weighted by atomic mass is 10.2. The van der Waals surface area contributed by atoms with Gasteiger partial charge in [-0.15, -0.1) is 0 Å². The fourth-order valence-corrected chi connectivity index (χ4v) is 2.78. The van der Waals surface area contributed by atoms with Gasteiger partial charge >= 0.3 is 5.97 Å². The summed E-state index contributed by atoms with van der Waals surface area (Å²) in [4.78, 5) is 13.3. The van der Waals surface area contributed by atoms with E-state index in [-0.39, 0.29) is 0 Å². The highest BCUT2D eigenvalue weighted by Gasteiger charge is 2.20. The summed E-state index contributed by atoms with van der Waals surface area (Å²) in [6.07, 6.45) is 2.44. The van der Waals surface area contributed by atoms with Gasteiger partial charge in [0.25, 0.3) is 0 Å². The van der Waals surface area contributed by atoms with Crippen LogP contribution in [-0.2, 0) is 0 Å². The summed E-state index contributed by atoms with van der Waals surface area (Å²) >= 11 is 3.33. The molecule has 1 saturated heterocycles. The number of halogens is 1. The smallest absolute Gasteiger partial charge is 0.335 e. The van der Waals surface area contributed by atoms with E-state index in [0.717, 1.165) is 23.2 Å². The number of benzene rings is 1. The van der Waals surface area contributed by atoms with Gasteiger partial charge in [-0.1, -0.05) is 15.9 Å². The molecule has 1 heterocycles. The van der Waals surface area contributed by atoms with Crippen molar-refractivity contribution >= 4 is 27.6 Å². The number of likely N-dealkylation sites (N-methyl/N-ethyl adjacent to an activating group) is 1. The second-order valence-corrected chi connectivity index (χ2v) is 5.61. The summed E-state index contributed by atoms with van der Waals surface area (Å²) in [7, 11) is 2.13. The number of nitrogens with one attached hydrogen (secondary N) is 1. The third kappa shape index (κ3) is 3.23. The van der Waals surface area contributed by atoms with Crippen LogP contribution in [0.15, 0.2) is 22.7 Å². The van der Waals surface area contributed by atoms with E-state index in [1.807, 2.05) is 6.07 Å². The first-order valence-electron chi connectivity index (χ1n) is 6.04. The van der Waals surface area contributed by atoms with Crippen LogP contribution in [0.5, 0.6) is 0 Å². The lowest BCUT2D eigenvalue weighted by Crippen LogP contribution is -2.31. The first kappa shape index (κ1) is 13.4. The van der Waals surface area contributed by atoms with Gasteiger partial charge < -0.3 is 15.3 Å². The Hall–Kier alpha value is -1.07. The van der Waals surface area contributed by atoms with Gasteiger partial charge in [0.1, 0.15) is 0 Å². The number of rotatable bonds is 4. The standard InChI is InChI=1S/C13H17BrN2O2/c1-16-4-2-3-12(16)8-15-11-6-9(13(17)18)5-10(14)7-11/h5-7,12,15H,2-4,8H2,1H3,(H,17,18). The molecule has 4 nitrogen and oxygen atoms in total. The molecule has 0 aromatic heterocycles. The first-order valence-corrected chi connectivity index (χ1v) is 6.83. The zero-order valence-corrected chi connectivity index (χ0v) is 11.9. The lowest BCUT2D eigenvalue weighted by molar-refractivity contribution is 0.0697. The molecule has 0 amide bonds. The zero-order chi connectivity index (χ0) is 13.1. The third-order valence-corrected chi connectivity index (χ3v) is 3.82. The van der Waals surface area contributed by atoms with Crippen LogP contribution >= 0.6 is 15.9 Å². The first-order chi connectivity index (χ1) is 8.56. The van der Waals surface area contributed by atoms with Crippen molar-refractivity contribution in [3.63, 3.8) is 0 Å². The SMILES string of the molecule is CN1CCCC1CNc1cc(Br)cc(C(=O)O)c1. The Labute approximate surface area is 115 Å². The predicted molar refractivity (Wildman–Crippen MR) is 75.2 cm³/mol. The van der Waals surface area contributed by atoms with Gasteiger partial charge in [-0.25, -0.2) is 4.79 Å². The number of likely N-dealkylation sites (tertiary alicyclic amines) is 1. The third-order valence-electron chi connectivity index (χ3n) is 3.36. The van der Waals surface area contributed by atoms with E-state index >= 15 is 0 Å². The van der Waals surface area contributed by atoms with Crippen molar-refractivity contribution in [3.8, 4) is 0 Å². The van der Waals surface area contributed by atoms with Gasteiger partial charge in [0, 0.05) is 22.7 Å². The van der Waals surface area contributed by atoms with Crippen LogP contribution in [0.4, 0.5) is 5.69 Å². The molecule has 0 spiro atoms. The number of anilines is 1. The molecule has 1 fully saturated rings. The molecule has 1 aliphatic rings. The second-order valence-electron chi connectivity index (χ2n) is 4.69. The van der Waals surface area contributed by atoms with Gasteiger partial charge in [-0.05, 0) is 44.6 Å². The normalized spacial score (nSPS) is 20.0. The topological polar surface area (TPSA) is 52.6 Å². The van der Waals surface area contributed by atoms with E-state index in [2.05, 4.69) is 33.2 Å². The summed E-state index contributed by atoms with van der Waals surface area (Å²) < 4.78 is 0.782. The highest BCUT2D eigenvalue weighted by Crippen LogP contribution is 2.21. The van der Waals surface area contributed by atoms with E-state index in [9.17, 15) is 4.79 Å². The zero-order valence-electron chi connectivity index (χ0n) is 10.3. The summed E-state index contributed by atoms with van der Waals surface area (Å²) in [5.74, 6) is -0.905. The number of aromatic carboxylic acids is 1.